The van der Waals surface area contributed by atoms with Crippen LogP contribution in [-0.2, 0) is 20.8 Å². The van der Waals surface area contributed by atoms with Crippen LogP contribution in [0.4, 0.5) is 13.2 Å². The Morgan fingerprint density at radius 1 is 1.36 bits per heavy atom. The third-order valence-electron chi connectivity index (χ3n) is 3.05. The number of aromatic nitrogens is 1. The van der Waals surface area contributed by atoms with Crippen LogP contribution in [0.3, 0.4) is 0 Å². The summed E-state index contributed by atoms with van der Waals surface area (Å²) >= 11 is 1.15. The Hall–Kier alpha value is -2.45. The minimum absolute atomic E-state index is 0.0306. The first-order chi connectivity index (χ1) is 13.3. The second-order valence-corrected chi connectivity index (χ2v) is 5.93. The summed E-state index contributed by atoms with van der Waals surface area (Å²) in [6.07, 6.45) is -1.42. The van der Waals surface area contributed by atoms with Crippen molar-refractivity contribution in [1.29, 1.82) is 5.26 Å². The summed E-state index contributed by atoms with van der Waals surface area (Å²) in [4.78, 5) is 15.8. The zero-order valence-corrected chi connectivity index (χ0v) is 16.2. The van der Waals surface area contributed by atoms with Crippen molar-refractivity contribution in [2.24, 2.45) is 0 Å². The van der Waals surface area contributed by atoms with Crippen molar-refractivity contribution in [3.63, 3.8) is 0 Å². The fraction of sp³-hybridized carbons (Fsp3) is 0.471. The van der Waals surface area contributed by atoms with Gasteiger partial charge >= 0.3 is 12.1 Å². The molecule has 1 N–H and O–H groups in total. The van der Waals surface area contributed by atoms with Crippen LogP contribution in [0.15, 0.2) is 28.9 Å². The predicted molar refractivity (Wildman–Crippen MR) is 96.2 cm³/mol. The molecule has 0 saturated carbocycles. The molecule has 0 atom stereocenters. The number of rotatable bonds is 11. The molecule has 0 amide bonds. The Balaban J connectivity index is 2.66. The number of nitriles is 1. The van der Waals surface area contributed by atoms with E-state index in [-0.39, 0.29) is 31.2 Å². The first kappa shape index (κ1) is 23.6. The van der Waals surface area contributed by atoms with E-state index in [1.165, 1.54) is 18.3 Å². The normalized spacial score (nSPS) is 12.0. The molecule has 0 radical (unpaired) electrons. The molecule has 11 heteroatoms. The average molecular weight is 419 g/mol. The summed E-state index contributed by atoms with van der Waals surface area (Å²) in [5.41, 5.74) is 0.440. The molecule has 0 saturated heterocycles. The lowest BCUT2D eigenvalue weighted by atomic mass is 10.2. The summed E-state index contributed by atoms with van der Waals surface area (Å²) < 4.78 is 50.9. The van der Waals surface area contributed by atoms with Crippen molar-refractivity contribution in [3.05, 3.63) is 34.5 Å². The number of ether oxygens (including phenoxy) is 3. The third kappa shape index (κ3) is 8.96. The van der Waals surface area contributed by atoms with Crippen LogP contribution < -0.4 is 10.1 Å². The molecule has 0 aliphatic carbocycles. The van der Waals surface area contributed by atoms with Crippen LogP contribution >= 0.6 is 11.8 Å². The lowest BCUT2D eigenvalue weighted by molar-refractivity contribution is -0.154. The molecule has 0 bridgehead atoms. The number of hydrogen-bond acceptors (Lipinski definition) is 8. The van der Waals surface area contributed by atoms with Gasteiger partial charge in [0.15, 0.2) is 12.2 Å². The molecule has 0 fully saturated rings. The first-order valence-electron chi connectivity index (χ1n) is 8.12. The highest BCUT2D eigenvalue weighted by molar-refractivity contribution is 8.02. The minimum Gasteiger partial charge on any atom is -0.468 e. The van der Waals surface area contributed by atoms with Crippen LogP contribution in [0.1, 0.15) is 12.5 Å². The van der Waals surface area contributed by atoms with E-state index in [0.717, 1.165) is 11.8 Å². The smallest absolute Gasteiger partial charge is 0.422 e. The Kier molecular flexibility index (Phi) is 10.2. The van der Waals surface area contributed by atoms with E-state index in [1.807, 2.05) is 13.0 Å². The second kappa shape index (κ2) is 12.1. The van der Waals surface area contributed by atoms with E-state index >= 15 is 0 Å². The highest BCUT2D eigenvalue weighted by Crippen LogP contribution is 2.18. The molecular formula is C17H20F3N3O4S. The summed E-state index contributed by atoms with van der Waals surface area (Å²) in [6.45, 7) is 1.33. The molecule has 154 valence electrons. The molecule has 1 heterocycles. The first-order valence-corrected chi connectivity index (χ1v) is 9.34. The van der Waals surface area contributed by atoms with Gasteiger partial charge in [-0.05, 0) is 18.7 Å². The molecule has 1 aromatic heterocycles. The van der Waals surface area contributed by atoms with Crippen molar-refractivity contribution < 1.29 is 32.2 Å². The van der Waals surface area contributed by atoms with Gasteiger partial charge in [0, 0.05) is 25.4 Å². The highest BCUT2D eigenvalue weighted by Gasteiger charge is 2.28. The minimum atomic E-state index is -4.44. The Labute approximate surface area is 164 Å². The van der Waals surface area contributed by atoms with Crippen molar-refractivity contribution in [2.45, 2.75) is 19.6 Å². The van der Waals surface area contributed by atoms with E-state index in [0.29, 0.717) is 17.2 Å². The standard InChI is InChI=1S/C17H20F3N3O4S/c1-3-25-6-7-26-16(24)13(8-21)15(28-2)23-10-12-4-5-14(22-9-12)27-11-17(18,19)20/h4-5,9,23H,3,6-7,10-11H2,1-2H3/b15-13-. The van der Waals surface area contributed by atoms with Gasteiger partial charge in [0.1, 0.15) is 12.7 Å². The quantitative estimate of drug-likeness (QED) is 0.253. The van der Waals surface area contributed by atoms with Crippen LogP contribution in [-0.4, -0.2) is 49.8 Å². The van der Waals surface area contributed by atoms with E-state index in [4.69, 9.17) is 9.47 Å². The topological polar surface area (TPSA) is 93.5 Å². The van der Waals surface area contributed by atoms with Gasteiger partial charge in [-0.3, -0.25) is 0 Å². The monoisotopic (exact) mass is 419 g/mol. The number of thioether (sulfide) groups is 1. The fourth-order valence-corrected chi connectivity index (χ4v) is 2.35. The summed E-state index contributed by atoms with van der Waals surface area (Å²) in [6, 6.07) is 4.64. The average Bonchev–Trinajstić information content (AvgIpc) is 2.67. The van der Waals surface area contributed by atoms with Gasteiger partial charge in [0.2, 0.25) is 5.88 Å². The molecule has 0 spiro atoms. The number of esters is 1. The Bertz CT molecular complexity index is 703. The number of pyridine rings is 1. The van der Waals surface area contributed by atoms with Gasteiger partial charge < -0.3 is 19.5 Å². The predicted octanol–water partition coefficient (Wildman–Crippen LogP) is 2.79. The van der Waals surface area contributed by atoms with Gasteiger partial charge in [-0.2, -0.15) is 18.4 Å². The van der Waals surface area contributed by atoms with Crippen molar-refractivity contribution in [3.8, 4) is 11.9 Å². The lowest BCUT2D eigenvalue weighted by Gasteiger charge is -2.12. The molecule has 1 aromatic rings. The number of hydrogen-bond donors (Lipinski definition) is 1. The number of carbonyl (C=O) groups excluding carboxylic acids is 1. The maximum Gasteiger partial charge on any atom is 0.422 e. The molecule has 0 unspecified atom stereocenters. The van der Waals surface area contributed by atoms with Crippen LogP contribution in [0.2, 0.25) is 0 Å². The third-order valence-corrected chi connectivity index (χ3v) is 3.80. The zero-order valence-electron chi connectivity index (χ0n) is 15.3. The summed E-state index contributed by atoms with van der Waals surface area (Å²) in [5, 5.41) is 12.5. The Morgan fingerprint density at radius 2 is 2.11 bits per heavy atom. The van der Waals surface area contributed by atoms with Gasteiger partial charge in [0.05, 0.1) is 11.6 Å². The second-order valence-electron chi connectivity index (χ2n) is 5.11. The lowest BCUT2D eigenvalue weighted by Crippen LogP contribution is -2.20. The molecular weight excluding hydrogens is 399 g/mol. The van der Waals surface area contributed by atoms with Gasteiger partial charge in [-0.25, -0.2) is 9.78 Å². The maximum atomic E-state index is 12.1. The van der Waals surface area contributed by atoms with E-state index in [9.17, 15) is 23.2 Å². The van der Waals surface area contributed by atoms with Crippen molar-refractivity contribution in [1.82, 2.24) is 10.3 Å². The van der Waals surface area contributed by atoms with Gasteiger partial charge in [-0.15, -0.1) is 11.8 Å². The Morgan fingerprint density at radius 3 is 2.64 bits per heavy atom. The number of alkyl halides is 3. The van der Waals surface area contributed by atoms with Crippen molar-refractivity contribution in [2.75, 3.05) is 32.7 Å². The molecule has 0 aliphatic heterocycles. The largest absolute Gasteiger partial charge is 0.468 e. The summed E-state index contributed by atoms with van der Waals surface area (Å²) in [5.74, 6) is -0.926. The number of nitrogens with zero attached hydrogens (tertiary/aromatic N) is 2. The summed E-state index contributed by atoms with van der Waals surface area (Å²) in [7, 11) is 0. The molecule has 28 heavy (non-hydrogen) atoms. The molecule has 1 rings (SSSR count). The van der Waals surface area contributed by atoms with Crippen LogP contribution in [0.5, 0.6) is 5.88 Å². The highest BCUT2D eigenvalue weighted by atomic mass is 32.2. The number of nitrogens with one attached hydrogen (secondary N) is 1. The molecule has 7 nitrogen and oxygen atoms in total. The maximum absolute atomic E-state index is 12.1. The molecule has 0 aromatic carbocycles. The van der Waals surface area contributed by atoms with Gasteiger partial charge in [0.25, 0.3) is 0 Å². The number of halogens is 3. The van der Waals surface area contributed by atoms with E-state index < -0.39 is 18.8 Å². The number of carbonyl (C=O) groups is 1. The SMILES string of the molecule is CCOCCOC(=O)/C(C#N)=C(/NCc1ccc(OCC(F)(F)F)nc1)SC. The van der Waals surface area contributed by atoms with Crippen molar-refractivity contribution >= 4 is 17.7 Å². The fourth-order valence-electron chi connectivity index (χ4n) is 1.80. The van der Waals surface area contributed by atoms with Crippen LogP contribution in [0.25, 0.3) is 0 Å². The zero-order chi connectivity index (χ0) is 21.0. The van der Waals surface area contributed by atoms with Gasteiger partial charge in [-0.1, -0.05) is 6.07 Å². The van der Waals surface area contributed by atoms with Crippen LogP contribution in [0, 0.1) is 11.3 Å². The van der Waals surface area contributed by atoms with E-state index in [2.05, 4.69) is 15.0 Å². The molecule has 0 aliphatic rings. The van der Waals surface area contributed by atoms with E-state index in [1.54, 1.807) is 6.26 Å².